The molecule has 0 saturated carbocycles. The molecule has 1 unspecified atom stereocenters. The number of halogens is 2. The quantitative estimate of drug-likeness (QED) is 0.305. The Bertz CT molecular complexity index is 1400. The Hall–Kier alpha value is -2.75. The van der Waals surface area contributed by atoms with Gasteiger partial charge in [-0.25, -0.2) is 4.98 Å². The molecule has 0 radical (unpaired) electrons. The summed E-state index contributed by atoms with van der Waals surface area (Å²) in [5, 5.41) is 6.27. The van der Waals surface area contributed by atoms with E-state index in [1.54, 1.807) is 34.4 Å². The number of nitrogens with one attached hydrogen (secondary N) is 2. The van der Waals surface area contributed by atoms with Crippen LogP contribution in [0.1, 0.15) is 68.2 Å². The number of aromatic nitrogens is 1. The van der Waals surface area contributed by atoms with Gasteiger partial charge in [0.1, 0.15) is 12.1 Å². The first-order valence-corrected chi connectivity index (χ1v) is 15.3. The minimum Gasteiger partial charge on any atom is -0.348 e. The Morgan fingerprint density at radius 1 is 1.12 bits per heavy atom. The fraction of sp³-hybridized carbons (Fsp3) is 0.400. The smallest absolute Gasteiger partial charge is 0.253 e. The molecule has 4 rings (SSSR count). The number of rotatable bonds is 7. The van der Waals surface area contributed by atoms with Crippen LogP contribution in [0, 0.1) is 12.3 Å². The third kappa shape index (κ3) is 6.75. The number of hydrogen-bond donors (Lipinski definition) is 2. The molecule has 1 saturated heterocycles. The zero-order valence-electron chi connectivity index (χ0n) is 23.3. The van der Waals surface area contributed by atoms with Crippen LogP contribution >= 0.6 is 38.9 Å². The second kappa shape index (κ2) is 12.4. The molecule has 0 spiro atoms. The molecule has 40 heavy (non-hydrogen) atoms. The van der Waals surface area contributed by atoms with Crippen molar-refractivity contribution >= 4 is 56.6 Å². The summed E-state index contributed by atoms with van der Waals surface area (Å²) in [4.78, 5) is 47.4. The number of aryl methyl sites for hydroxylation is 1. The highest BCUT2D eigenvalue weighted by molar-refractivity contribution is 9.10. The van der Waals surface area contributed by atoms with Crippen molar-refractivity contribution in [2.24, 2.45) is 5.41 Å². The van der Waals surface area contributed by atoms with Gasteiger partial charge in [0.15, 0.2) is 0 Å². The molecule has 1 fully saturated rings. The van der Waals surface area contributed by atoms with Crippen molar-refractivity contribution in [2.45, 2.75) is 65.6 Å². The molecule has 1 aromatic heterocycles. The van der Waals surface area contributed by atoms with Gasteiger partial charge in [0.05, 0.1) is 32.7 Å². The van der Waals surface area contributed by atoms with Crippen molar-refractivity contribution in [3.63, 3.8) is 0 Å². The standard InChI is InChI=1S/C30H34BrClN4O3S/c1-17(19-8-10-20(11-9-19)25-18(2)33-16-40-25)34-28(38)24-7-6-14-36(24)29(39)26(30(3,4)5)35-27(37)22-13-12-21(31)15-23(22)32/h8-13,15-17,24,26H,6-7,14H2,1-5H3,(H,34,38)(H,35,37)/t17-,24-,26?/m0/s1. The van der Waals surface area contributed by atoms with E-state index in [0.717, 1.165) is 26.2 Å². The predicted octanol–water partition coefficient (Wildman–Crippen LogP) is 6.55. The third-order valence-electron chi connectivity index (χ3n) is 7.18. The van der Waals surface area contributed by atoms with Gasteiger partial charge in [-0.3, -0.25) is 14.4 Å². The lowest BCUT2D eigenvalue weighted by Gasteiger charge is -2.35. The van der Waals surface area contributed by atoms with Crippen molar-refractivity contribution in [1.82, 2.24) is 20.5 Å². The lowest BCUT2D eigenvalue weighted by atomic mass is 9.85. The van der Waals surface area contributed by atoms with Gasteiger partial charge in [-0.05, 0) is 61.4 Å². The summed E-state index contributed by atoms with van der Waals surface area (Å²) in [6.07, 6.45) is 1.28. The molecule has 212 valence electrons. The van der Waals surface area contributed by atoms with Crippen molar-refractivity contribution in [3.8, 4) is 10.4 Å². The maximum atomic E-state index is 13.8. The molecule has 7 nitrogen and oxygen atoms in total. The molecule has 1 aliphatic rings. The first-order valence-electron chi connectivity index (χ1n) is 13.2. The summed E-state index contributed by atoms with van der Waals surface area (Å²) in [6, 6.07) is 11.4. The number of carbonyl (C=O) groups excluding carboxylic acids is 3. The Labute approximate surface area is 252 Å². The van der Waals surface area contributed by atoms with Gasteiger partial charge in [-0.2, -0.15) is 0 Å². The van der Waals surface area contributed by atoms with Crippen LogP contribution < -0.4 is 10.6 Å². The Morgan fingerprint density at radius 2 is 1.82 bits per heavy atom. The Morgan fingerprint density at radius 3 is 2.42 bits per heavy atom. The first-order chi connectivity index (χ1) is 18.9. The van der Waals surface area contributed by atoms with Gasteiger partial charge >= 0.3 is 0 Å². The topological polar surface area (TPSA) is 91.4 Å². The van der Waals surface area contributed by atoms with Crippen molar-refractivity contribution < 1.29 is 14.4 Å². The van der Waals surface area contributed by atoms with E-state index in [1.165, 1.54) is 0 Å². The number of nitrogens with zero attached hydrogens (tertiary/aromatic N) is 2. The average molecular weight is 646 g/mol. The van der Waals surface area contributed by atoms with Gasteiger partial charge in [0.2, 0.25) is 11.8 Å². The number of amides is 3. The summed E-state index contributed by atoms with van der Waals surface area (Å²) in [7, 11) is 0. The highest BCUT2D eigenvalue weighted by Crippen LogP contribution is 2.30. The Balaban J connectivity index is 1.45. The maximum Gasteiger partial charge on any atom is 0.253 e. The maximum absolute atomic E-state index is 13.8. The van der Waals surface area contributed by atoms with E-state index < -0.39 is 23.4 Å². The van der Waals surface area contributed by atoms with E-state index in [1.807, 2.05) is 64.4 Å². The second-order valence-corrected chi connectivity index (χ2v) is 13.4. The molecule has 1 aliphatic heterocycles. The summed E-state index contributed by atoms with van der Waals surface area (Å²) in [6.45, 7) is 10.1. The zero-order valence-corrected chi connectivity index (χ0v) is 26.4. The predicted molar refractivity (Wildman–Crippen MR) is 163 cm³/mol. The average Bonchev–Trinajstić information content (AvgIpc) is 3.55. The molecule has 0 bridgehead atoms. The van der Waals surface area contributed by atoms with Gasteiger partial charge in [-0.15, -0.1) is 11.3 Å². The van der Waals surface area contributed by atoms with Crippen LogP contribution in [-0.4, -0.2) is 46.2 Å². The minimum atomic E-state index is -0.840. The summed E-state index contributed by atoms with van der Waals surface area (Å²) >= 11 is 11.2. The van der Waals surface area contributed by atoms with Crippen LogP contribution in [0.5, 0.6) is 0 Å². The number of thiazole rings is 1. The highest BCUT2D eigenvalue weighted by atomic mass is 79.9. The van der Waals surface area contributed by atoms with Crippen LogP contribution in [0.2, 0.25) is 5.02 Å². The van der Waals surface area contributed by atoms with Crippen LogP contribution in [0.4, 0.5) is 0 Å². The lowest BCUT2D eigenvalue weighted by molar-refractivity contribution is -0.142. The largest absolute Gasteiger partial charge is 0.348 e. The van der Waals surface area contributed by atoms with Crippen molar-refractivity contribution in [2.75, 3.05) is 6.54 Å². The van der Waals surface area contributed by atoms with E-state index >= 15 is 0 Å². The van der Waals surface area contributed by atoms with Crippen molar-refractivity contribution in [3.05, 3.63) is 74.3 Å². The molecule has 0 aliphatic carbocycles. The molecule has 3 atom stereocenters. The molecule has 2 heterocycles. The normalized spacial score (nSPS) is 16.9. The molecular weight excluding hydrogens is 612 g/mol. The summed E-state index contributed by atoms with van der Waals surface area (Å²) < 4.78 is 0.753. The zero-order chi connectivity index (χ0) is 29.2. The van der Waals surface area contributed by atoms with E-state index in [4.69, 9.17) is 11.6 Å². The van der Waals surface area contributed by atoms with Crippen LogP contribution in [0.15, 0.2) is 52.4 Å². The number of likely N-dealkylation sites (tertiary alicyclic amines) is 1. The van der Waals surface area contributed by atoms with Crippen LogP contribution in [0.3, 0.4) is 0 Å². The third-order valence-corrected chi connectivity index (χ3v) is 8.96. The molecular formula is C30H34BrClN4O3S. The van der Waals surface area contributed by atoms with Gasteiger partial charge < -0.3 is 15.5 Å². The minimum absolute atomic E-state index is 0.198. The van der Waals surface area contributed by atoms with Crippen molar-refractivity contribution in [1.29, 1.82) is 0 Å². The van der Waals surface area contributed by atoms with Crippen LogP contribution in [0.25, 0.3) is 10.4 Å². The number of benzene rings is 2. The first kappa shape index (κ1) is 30.2. The van der Waals surface area contributed by atoms with E-state index in [9.17, 15) is 14.4 Å². The fourth-order valence-corrected chi connectivity index (χ4v) is 6.47. The highest BCUT2D eigenvalue weighted by Gasteiger charge is 2.42. The molecule has 2 aromatic carbocycles. The summed E-state index contributed by atoms with van der Waals surface area (Å²) in [5.74, 6) is -0.907. The fourth-order valence-electron chi connectivity index (χ4n) is 4.90. The second-order valence-electron chi connectivity index (χ2n) is 11.2. The molecule has 3 amide bonds. The molecule has 2 N–H and O–H groups in total. The van der Waals surface area contributed by atoms with E-state index in [-0.39, 0.29) is 28.4 Å². The van der Waals surface area contributed by atoms with Gasteiger partial charge in [-0.1, -0.05) is 72.6 Å². The van der Waals surface area contributed by atoms with Gasteiger partial charge in [0, 0.05) is 11.0 Å². The SMILES string of the molecule is Cc1ncsc1-c1ccc([C@H](C)NC(=O)[C@@H]2CCCN2C(=O)C(NC(=O)c2ccc(Br)cc2Cl)C(C)(C)C)cc1. The number of hydrogen-bond acceptors (Lipinski definition) is 5. The summed E-state index contributed by atoms with van der Waals surface area (Å²) in [5.41, 5.74) is 4.59. The number of carbonyl (C=O) groups is 3. The molecule has 3 aromatic rings. The van der Waals surface area contributed by atoms with Crippen LogP contribution in [-0.2, 0) is 9.59 Å². The van der Waals surface area contributed by atoms with E-state index in [0.29, 0.717) is 19.4 Å². The monoisotopic (exact) mass is 644 g/mol. The molecule has 10 heteroatoms. The van der Waals surface area contributed by atoms with E-state index in [2.05, 4.69) is 31.5 Å². The lowest BCUT2D eigenvalue weighted by Crippen LogP contribution is -2.57. The Kier molecular flexibility index (Phi) is 9.37. The van der Waals surface area contributed by atoms with Gasteiger partial charge in [0.25, 0.3) is 5.91 Å².